The molecule has 0 radical (unpaired) electrons. The third kappa shape index (κ3) is 172. The van der Waals surface area contributed by atoms with Crippen LogP contribution >= 0.6 is 0 Å². The van der Waals surface area contributed by atoms with Crippen molar-refractivity contribution in [1.82, 2.24) is 21.3 Å². The van der Waals surface area contributed by atoms with Crippen LogP contribution in [0.4, 0.5) is 0 Å². The molecule has 4 atom stereocenters. The standard InChI is InChI=1S/2C14H34N6.8ClHO4.4H2O/c2*1-3-13(15)9-17-5-7-19-11-14(16,4-2)12-20-8-6-18-10-13;8*2-1(3,4)5;;;;/h2*17-20H,3-12,15-16H2,1-2H3;8*(H,2,3,4,5);4*1H2/t2*13-,14-;;;;;;;;;;;;. The molecular weight excluding hydrogens is 1360 g/mol. The number of rotatable bonds is 4. The minimum absolute atomic E-state index is 0. The average Bonchev–Trinajstić information content (AvgIpc) is 3.18. The van der Waals surface area contributed by atoms with Crippen molar-refractivity contribution in [2.45, 2.75) is 75.5 Å². The Morgan fingerprint density at radius 3 is 0.440 bits per heavy atom. The summed E-state index contributed by atoms with van der Waals surface area (Å²) in [6, 6.07) is 0. The Morgan fingerprint density at radius 1 is 0.262 bits per heavy atom. The van der Waals surface area contributed by atoms with Gasteiger partial charge >= 0.3 is 0 Å². The quantitative estimate of drug-likeness (QED) is 0.124. The Bertz CT molecular complexity index is 1070. The Hall–Kier alpha value is 0.400. The lowest BCUT2D eigenvalue weighted by Crippen LogP contribution is -2.98. The van der Waals surface area contributed by atoms with E-state index in [4.69, 9.17) is 149 Å². The van der Waals surface area contributed by atoms with Gasteiger partial charge in [0.05, 0.1) is 52.4 Å². The van der Waals surface area contributed by atoms with Crippen molar-refractivity contribution in [3.8, 4) is 0 Å². The molecule has 2 rings (SSSR count). The average molecular weight is 1450 g/mol. The van der Waals surface area contributed by atoms with Gasteiger partial charge in [-0.25, -0.2) is 149 Å². The van der Waals surface area contributed by atoms with E-state index in [0.29, 0.717) is 0 Å². The second-order valence-corrected chi connectivity index (χ2v) is 22.3. The Labute approximate surface area is 496 Å². The van der Waals surface area contributed by atoms with Crippen molar-refractivity contribution in [2.75, 3.05) is 105 Å². The zero-order chi connectivity index (χ0) is 65.8. The van der Waals surface area contributed by atoms with Gasteiger partial charge in [0.15, 0.2) is 22.2 Å². The smallest absolute Gasteiger partial charge is 0.156 e. The van der Waals surface area contributed by atoms with E-state index >= 15 is 0 Å². The third-order valence-electron chi connectivity index (χ3n) is 9.41. The molecule has 2 saturated heterocycles. The summed E-state index contributed by atoms with van der Waals surface area (Å²) in [5.74, 6) is 0. The largest absolute Gasteiger partial charge is 0.412 e. The van der Waals surface area contributed by atoms with Gasteiger partial charge in [-0.2, -0.15) is 0 Å². The van der Waals surface area contributed by atoms with E-state index in [1.807, 2.05) is 0 Å². The van der Waals surface area contributed by atoms with Crippen molar-refractivity contribution in [2.24, 2.45) is 0 Å². The molecule has 0 aliphatic carbocycles. The summed E-state index contributed by atoms with van der Waals surface area (Å²) in [7, 11) is -39.6. The zero-order valence-electron chi connectivity index (χ0n) is 45.4. The minimum Gasteiger partial charge on any atom is -0.412 e. The highest BCUT2D eigenvalue weighted by atomic mass is 35.7. The van der Waals surface area contributed by atoms with Crippen LogP contribution in [0.25, 0.3) is 0 Å². The Morgan fingerprint density at radius 2 is 0.357 bits per heavy atom. The highest BCUT2D eigenvalue weighted by molar-refractivity contribution is 4.79. The number of hydrogen-bond acceptors (Lipinski definition) is 36. The molecule has 32 N–H and O–H groups in total. The van der Waals surface area contributed by atoms with Gasteiger partial charge in [0.1, 0.15) is 26.2 Å². The number of hydrogen-bond donors (Lipinski definition) is 12. The second kappa shape index (κ2) is 56.2. The maximum absolute atomic E-state index is 8.49. The lowest BCUT2D eigenvalue weighted by molar-refractivity contribution is -2.00. The van der Waals surface area contributed by atoms with E-state index < -0.39 is 81.9 Å². The fraction of sp³-hybridized carbons (Fsp3) is 1.00. The molecule has 0 aromatic carbocycles. The molecule has 0 spiro atoms. The van der Waals surface area contributed by atoms with E-state index in [2.05, 4.69) is 93.2 Å². The predicted octanol–water partition coefficient (Wildman–Crippen LogP) is -51.2. The molecule has 2 fully saturated rings. The molecule has 48 nitrogen and oxygen atoms in total. The topological polar surface area (TPSA) is 1090 Å². The molecule has 0 aromatic rings. The highest BCUT2D eigenvalue weighted by Crippen LogP contribution is 2.00. The van der Waals surface area contributed by atoms with Crippen molar-refractivity contribution >= 4 is 0 Å². The molecule has 0 amide bonds. The van der Waals surface area contributed by atoms with Crippen LogP contribution in [0.2, 0.25) is 0 Å². The fourth-order valence-electron chi connectivity index (χ4n) is 5.23. The van der Waals surface area contributed by atoms with Gasteiger partial charge in [0.2, 0.25) is 0 Å². The van der Waals surface area contributed by atoms with Crippen molar-refractivity contribution in [1.29, 1.82) is 0 Å². The van der Waals surface area contributed by atoms with Gasteiger partial charge in [0.25, 0.3) is 0 Å². The van der Waals surface area contributed by atoms with Crippen LogP contribution in [-0.4, -0.2) is 149 Å². The first-order valence-electron chi connectivity index (χ1n) is 21.5. The second-order valence-electron chi connectivity index (χ2n) is 16.3. The van der Waals surface area contributed by atoms with E-state index in [0.717, 1.165) is 130 Å². The summed E-state index contributed by atoms with van der Waals surface area (Å²) in [6.45, 7) is 26.2. The number of halogens is 8. The summed E-state index contributed by atoms with van der Waals surface area (Å²) in [5.41, 5.74) is 18.4. The van der Waals surface area contributed by atoms with Crippen LogP contribution in [0, 0.1) is 81.9 Å². The van der Waals surface area contributed by atoms with Gasteiger partial charge in [-0.3, -0.25) is 0 Å². The van der Waals surface area contributed by atoms with Gasteiger partial charge in [0, 0.05) is 51.9 Å². The molecule has 56 heteroatoms. The Kier molecular flexibility index (Phi) is 74.9. The van der Waals surface area contributed by atoms with Crippen LogP contribution < -0.4 is 215 Å². The van der Waals surface area contributed by atoms with E-state index in [9.17, 15) is 0 Å². The molecule has 0 saturated carbocycles. The molecule has 84 heavy (non-hydrogen) atoms. The first kappa shape index (κ1) is 112. The van der Waals surface area contributed by atoms with Gasteiger partial charge < -0.3 is 87.4 Å². The van der Waals surface area contributed by atoms with E-state index in [1.54, 1.807) is 0 Å². The number of nitrogens with two attached hydrogens (primary N) is 4. The van der Waals surface area contributed by atoms with Crippen LogP contribution in [-0.2, 0) is 0 Å². The van der Waals surface area contributed by atoms with Crippen LogP contribution in [0.5, 0.6) is 0 Å². The first-order chi connectivity index (χ1) is 35.1. The molecule has 0 aromatic heterocycles. The van der Waals surface area contributed by atoms with E-state index in [-0.39, 0.29) is 44.1 Å². The molecule has 528 valence electrons. The first-order valence-corrected chi connectivity index (χ1v) is 31.4. The maximum atomic E-state index is 8.49. The van der Waals surface area contributed by atoms with Gasteiger partial charge in [-0.1, -0.05) is 27.7 Å². The SMILES string of the molecule is CC[C@@]1([NH3+])CNCC[NH2+]C[C@]([NH3+])(CC)CNCC[NH2+]C1.CC[C@@]1([NH3+])CNCC[NH2+]C[C@]([NH3+])(CC)CNCC[NH2+]C1.O.O.O.O.[O-][Cl+3]([O-])([O-])[O-].[O-][Cl+3]([O-])([O-])[O-].[O-][Cl+3]([O-])([O-])[O-].[O-][Cl+3]([O-])([O-])[O-].[O-][Cl+3]([O-])([O-])[O-].[O-][Cl+3]([O-])([O-])[O-].[O-][Cl+3]([O-])([O-])[O-].[O-][Cl+3]([O-])([O-])[O-]. The molecular formula is C28H84Cl8N12O36. The maximum Gasteiger partial charge on any atom is 0.156 e. The highest BCUT2D eigenvalue weighted by Gasteiger charge is 2.32. The third-order valence-corrected chi connectivity index (χ3v) is 9.41. The molecule has 2 aliphatic rings. The van der Waals surface area contributed by atoms with Crippen molar-refractivity contribution < 1.29 is 297 Å². The summed E-state index contributed by atoms with van der Waals surface area (Å²) in [4.78, 5) is 0. The molecule has 0 unspecified atom stereocenters. The number of nitrogens with one attached hydrogen (secondary N) is 4. The van der Waals surface area contributed by atoms with E-state index in [1.165, 1.54) is 0 Å². The fourth-order valence-corrected chi connectivity index (χ4v) is 5.23. The monoisotopic (exact) mass is 1440 g/mol. The lowest BCUT2D eigenvalue weighted by Gasteiger charge is -2.25. The summed E-state index contributed by atoms with van der Waals surface area (Å²) < 4.78 is 272. The molecule has 2 aliphatic heterocycles. The van der Waals surface area contributed by atoms with Crippen molar-refractivity contribution in [3.63, 3.8) is 0 Å². The van der Waals surface area contributed by atoms with Gasteiger partial charge in [-0.15, -0.1) is 81.9 Å². The summed E-state index contributed by atoms with van der Waals surface area (Å²) in [6.07, 6.45) is 4.52. The summed E-state index contributed by atoms with van der Waals surface area (Å²) >= 11 is 0. The number of quaternary nitrogens is 8. The van der Waals surface area contributed by atoms with Gasteiger partial charge in [-0.05, 0) is 0 Å². The summed E-state index contributed by atoms with van der Waals surface area (Å²) in [5, 5.41) is 23.9. The zero-order valence-corrected chi connectivity index (χ0v) is 51.4. The molecule has 0 bridgehead atoms. The predicted molar refractivity (Wildman–Crippen MR) is 176 cm³/mol. The minimum atomic E-state index is -4.94. The molecule has 2 heterocycles. The Balaban J connectivity index is -0.0000000742. The van der Waals surface area contributed by atoms with Crippen LogP contribution in [0.1, 0.15) is 53.4 Å². The normalized spacial score (nSPS) is 22.6. The lowest BCUT2D eigenvalue weighted by atomic mass is 9.96. The van der Waals surface area contributed by atoms with Crippen LogP contribution in [0.15, 0.2) is 0 Å². The van der Waals surface area contributed by atoms with Crippen molar-refractivity contribution in [3.05, 3.63) is 0 Å². The van der Waals surface area contributed by atoms with Crippen LogP contribution in [0.3, 0.4) is 0 Å².